The summed E-state index contributed by atoms with van der Waals surface area (Å²) in [5.41, 5.74) is -1.52. The number of amides is 1. The summed E-state index contributed by atoms with van der Waals surface area (Å²) in [5, 5.41) is 13.3. The number of aromatic nitrogens is 1. The first-order valence-corrected chi connectivity index (χ1v) is 12.9. The van der Waals surface area contributed by atoms with Crippen molar-refractivity contribution in [2.45, 2.75) is 24.7 Å². The van der Waals surface area contributed by atoms with Crippen LogP contribution in [0.15, 0.2) is 53.3 Å². The third kappa shape index (κ3) is 5.18. The van der Waals surface area contributed by atoms with Gasteiger partial charge < -0.3 is 14.2 Å². The summed E-state index contributed by atoms with van der Waals surface area (Å²) < 4.78 is 94.0. The zero-order chi connectivity index (χ0) is 27.9. The van der Waals surface area contributed by atoms with Crippen LogP contribution in [0.2, 0.25) is 0 Å². The van der Waals surface area contributed by atoms with Gasteiger partial charge in [-0.15, -0.1) is 0 Å². The van der Waals surface area contributed by atoms with Crippen molar-refractivity contribution in [1.29, 1.82) is 5.26 Å². The topological polar surface area (TPSA) is 129 Å². The number of ether oxygens (including phenoxy) is 1. The van der Waals surface area contributed by atoms with Crippen LogP contribution in [0, 0.1) is 17.1 Å². The van der Waals surface area contributed by atoms with Crippen LogP contribution in [0.3, 0.4) is 0 Å². The molecule has 2 fully saturated rings. The van der Waals surface area contributed by atoms with E-state index in [-0.39, 0.29) is 47.7 Å². The van der Waals surface area contributed by atoms with Gasteiger partial charge in [0.05, 0.1) is 29.0 Å². The quantitative estimate of drug-likeness (QED) is 0.469. The number of nitrogens with zero attached hydrogens (tertiary/aromatic N) is 4. The number of halogens is 4. The summed E-state index contributed by atoms with van der Waals surface area (Å²) in [6.07, 6.45) is -4.16. The fourth-order valence-corrected chi connectivity index (χ4v) is 5.88. The molecular formula is C24H19F4N5O5S. The number of nitriles is 1. The van der Waals surface area contributed by atoms with Gasteiger partial charge in [0.2, 0.25) is 0 Å². The molecule has 5 rings (SSSR count). The van der Waals surface area contributed by atoms with Crippen molar-refractivity contribution in [3.05, 3.63) is 65.7 Å². The Kier molecular flexibility index (Phi) is 6.79. The molecule has 10 nitrogen and oxygen atoms in total. The molecule has 0 bridgehead atoms. The summed E-state index contributed by atoms with van der Waals surface area (Å²) in [6, 6.07) is 8.56. The third-order valence-corrected chi connectivity index (χ3v) is 7.96. The van der Waals surface area contributed by atoms with Crippen LogP contribution in [0.25, 0.3) is 11.1 Å². The first-order chi connectivity index (χ1) is 18.5. The van der Waals surface area contributed by atoms with Crippen LogP contribution < -0.4 is 9.62 Å². The van der Waals surface area contributed by atoms with E-state index in [1.165, 1.54) is 23.3 Å². The third-order valence-electron chi connectivity index (χ3n) is 6.49. The van der Waals surface area contributed by atoms with E-state index in [2.05, 4.69) is 14.4 Å². The Morgan fingerprint density at radius 3 is 2.67 bits per heavy atom. The first kappa shape index (κ1) is 26.6. The largest absolute Gasteiger partial charge is 0.416 e. The highest BCUT2D eigenvalue weighted by atomic mass is 32.2. The summed E-state index contributed by atoms with van der Waals surface area (Å²) in [7, 11) is -4.04. The number of anilines is 2. The molecule has 0 unspecified atom stereocenters. The van der Waals surface area contributed by atoms with Gasteiger partial charge >= 0.3 is 16.4 Å². The lowest BCUT2D eigenvalue weighted by Crippen LogP contribution is -2.62. The lowest BCUT2D eigenvalue weighted by atomic mass is 9.95. The number of benzene rings is 2. The van der Waals surface area contributed by atoms with E-state index in [1.807, 2.05) is 6.07 Å². The molecule has 3 aromatic rings. The number of hydrogen-bond donors (Lipinski definition) is 1. The maximum Gasteiger partial charge on any atom is 0.416 e. The minimum atomic E-state index is -4.65. The van der Waals surface area contributed by atoms with Gasteiger partial charge in [-0.2, -0.15) is 31.2 Å². The second-order valence-corrected chi connectivity index (χ2v) is 10.5. The van der Waals surface area contributed by atoms with Gasteiger partial charge in [-0.1, -0.05) is 17.3 Å². The lowest BCUT2D eigenvalue weighted by Gasteiger charge is -2.46. The molecule has 2 aliphatic heterocycles. The van der Waals surface area contributed by atoms with Crippen LogP contribution in [0.4, 0.5) is 29.1 Å². The van der Waals surface area contributed by atoms with E-state index >= 15 is 4.39 Å². The highest BCUT2D eigenvalue weighted by Gasteiger charge is 2.44. The second-order valence-electron chi connectivity index (χ2n) is 8.86. The highest BCUT2D eigenvalue weighted by Crippen LogP contribution is 2.37. The van der Waals surface area contributed by atoms with Crippen LogP contribution in [-0.2, 0) is 25.9 Å². The molecule has 1 aromatic heterocycles. The van der Waals surface area contributed by atoms with Gasteiger partial charge in [0.15, 0.2) is 5.82 Å². The average molecular weight is 566 g/mol. The fourth-order valence-electron chi connectivity index (χ4n) is 4.70. The van der Waals surface area contributed by atoms with Crippen molar-refractivity contribution in [2.75, 3.05) is 29.3 Å². The minimum Gasteiger partial charge on any atom is -0.365 e. The Morgan fingerprint density at radius 1 is 1.18 bits per heavy atom. The van der Waals surface area contributed by atoms with Crippen molar-refractivity contribution < 1.29 is 40.0 Å². The number of morpholine rings is 1. The number of nitrogens with one attached hydrogen (secondary N) is 1. The second kappa shape index (κ2) is 9.95. The molecule has 204 valence electrons. The SMILES string of the molecule is N#Cc1cc(-c2cccc(C(F)(F)F)c2)c(F)cc1N1C(=O)CO[C@H]2CN(S(=O)(=O)Nc3ccon3)CC[C@@H]21. The van der Waals surface area contributed by atoms with E-state index in [0.717, 1.165) is 34.6 Å². The summed E-state index contributed by atoms with van der Waals surface area (Å²) in [4.78, 5) is 14.1. The lowest BCUT2D eigenvalue weighted by molar-refractivity contribution is -0.137. The Bertz CT molecular complexity index is 1560. The van der Waals surface area contributed by atoms with Crippen LogP contribution in [-0.4, -0.2) is 55.6 Å². The van der Waals surface area contributed by atoms with E-state index in [1.54, 1.807) is 0 Å². The van der Waals surface area contributed by atoms with Crippen molar-refractivity contribution in [3.8, 4) is 17.2 Å². The van der Waals surface area contributed by atoms with Crippen molar-refractivity contribution >= 4 is 27.6 Å². The Labute approximate surface area is 219 Å². The van der Waals surface area contributed by atoms with E-state index in [0.29, 0.717) is 0 Å². The molecule has 15 heteroatoms. The zero-order valence-corrected chi connectivity index (χ0v) is 20.7. The maximum atomic E-state index is 15.3. The molecule has 39 heavy (non-hydrogen) atoms. The Hall–Kier alpha value is -4.00. The number of fused-ring (bicyclic) bond motifs is 1. The molecule has 0 radical (unpaired) electrons. The molecule has 0 saturated carbocycles. The maximum absolute atomic E-state index is 15.3. The predicted octanol–water partition coefficient (Wildman–Crippen LogP) is 3.53. The van der Waals surface area contributed by atoms with Gasteiger partial charge in [-0.3, -0.25) is 9.52 Å². The summed E-state index contributed by atoms with van der Waals surface area (Å²) in [6.45, 7) is -0.629. The normalized spacial score (nSPS) is 20.4. The van der Waals surface area contributed by atoms with Gasteiger partial charge in [-0.05, 0) is 36.2 Å². The summed E-state index contributed by atoms with van der Waals surface area (Å²) >= 11 is 0. The molecule has 0 aliphatic carbocycles. The van der Waals surface area contributed by atoms with Gasteiger partial charge in [0.1, 0.15) is 24.8 Å². The average Bonchev–Trinajstić information content (AvgIpc) is 3.40. The number of piperidine rings is 1. The Morgan fingerprint density at radius 2 is 1.97 bits per heavy atom. The fraction of sp³-hybridized carbons (Fsp3) is 0.292. The van der Waals surface area contributed by atoms with Crippen molar-refractivity contribution in [1.82, 2.24) is 9.46 Å². The molecule has 3 heterocycles. The van der Waals surface area contributed by atoms with Crippen molar-refractivity contribution in [2.24, 2.45) is 0 Å². The van der Waals surface area contributed by atoms with Gasteiger partial charge in [-0.25, -0.2) is 4.39 Å². The van der Waals surface area contributed by atoms with Gasteiger partial charge in [0.25, 0.3) is 5.91 Å². The van der Waals surface area contributed by atoms with E-state index in [4.69, 9.17) is 4.74 Å². The summed E-state index contributed by atoms with van der Waals surface area (Å²) in [5.74, 6) is -1.53. The molecule has 2 aliphatic rings. The number of carbonyl (C=O) groups excluding carboxylic acids is 1. The standard InChI is InChI=1S/C24H19F4N5O5S/c25-18-10-20(15(11-29)9-17(18)14-2-1-3-16(8-14)24(26,27)28)33-19-4-6-32(12-21(19)37-13-23(33)34)39(35,36)31-22-5-7-38-30-22/h1-3,5,7-10,19,21H,4,6,12-13H2,(H,30,31)/t19-,21-/m0/s1. The monoisotopic (exact) mass is 565 g/mol. The van der Waals surface area contributed by atoms with Crippen LogP contribution >= 0.6 is 0 Å². The Balaban J connectivity index is 1.44. The van der Waals surface area contributed by atoms with Gasteiger partial charge in [0, 0.05) is 24.7 Å². The predicted molar refractivity (Wildman–Crippen MR) is 128 cm³/mol. The van der Waals surface area contributed by atoms with Crippen molar-refractivity contribution in [3.63, 3.8) is 0 Å². The number of carbonyl (C=O) groups is 1. The molecule has 1 N–H and O–H groups in total. The zero-order valence-electron chi connectivity index (χ0n) is 19.9. The van der Waals surface area contributed by atoms with E-state index < -0.39 is 52.4 Å². The molecular weight excluding hydrogens is 546 g/mol. The molecule has 2 aromatic carbocycles. The smallest absolute Gasteiger partial charge is 0.365 e. The number of alkyl halides is 3. The van der Waals surface area contributed by atoms with E-state index in [9.17, 15) is 31.6 Å². The number of hydrogen-bond acceptors (Lipinski definition) is 7. The molecule has 1 amide bonds. The van der Waals surface area contributed by atoms with Crippen LogP contribution in [0.1, 0.15) is 17.5 Å². The minimum absolute atomic E-state index is 0.0199. The molecule has 2 atom stereocenters. The number of rotatable bonds is 5. The molecule has 2 saturated heterocycles. The van der Waals surface area contributed by atoms with Crippen LogP contribution in [0.5, 0.6) is 0 Å². The highest BCUT2D eigenvalue weighted by molar-refractivity contribution is 7.90. The first-order valence-electron chi connectivity index (χ1n) is 11.5. The molecule has 0 spiro atoms.